The first-order chi connectivity index (χ1) is 6.79. The minimum Gasteiger partial charge on any atom is -0.378 e. The van der Waals surface area contributed by atoms with Gasteiger partial charge in [0.1, 0.15) is 0 Å². The molecule has 3 heteroatoms. The fraction of sp³-hybridized carbons (Fsp3) is 0.500. The van der Waals surface area contributed by atoms with E-state index in [2.05, 4.69) is 37.4 Å². The zero-order valence-corrected chi connectivity index (χ0v) is 10.1. The van der Waals surface area contributed by atoms with E-state index >= 15 is 0 Å². The third-order valence-corrected chi connectivity index (χ3v) is 2.81. The monoisotopic (exact) mass is 227 g/mol. The molecular weight excluding hydrogens is 210 g/mol. The van der Waals surface area contributed by atoms with Gasteiger partial charge < -0.3 is 10.1 Å². The molecule has 0 radical (unpaired) electrons. The van der Waals surface area contributed by atoms with Gasteiger partial charge in [0.25, 0.3) is 0 Å². The van der Waals surface area contributed by atoms with Crippen LogP contribution in [0.3, 0.4) is 0 Å². The van der Waals surface area contributed by atoms with Crippen molar-refractivity contribution >= 4 is 12.4 Å². The fourth-order valence-corrected chi connectivity index (χ4v) is 2.13. The summed E-state index contributed by atoms with van der Waals surface area (Å²) < 4.78 is 5.48. The van der Waals surface area contributed by atoms with Gasteiger partial charge in [0.05, 0.1) is 19.3 Å². The van der Waals surface area contributed by atoms with Crippen LogP contribution in [0.4, 0.5) is 0 Å². The van der Waals surface area contributed by atoms with Crippen LogP contribution in [0.5, 0.6) is 0 Å². The Morgan fingerprint density at radius 3 is 2.47 bits per heavy atom. The summed E-state index contributed by atoms with van der Waals surface area (Å²) in [5.41, 5.74) is 4.12. The number of nitrogens with one attached hydrogen (secondary N) is 1. The van der Waals surface area contributed by atoms with E-state index in [1.807, 2.05) is 0 Å². The number of benzene rings is 1. The van der Waals surface area contributed by atoms with E-state index in [0.29, 0.717) is 6.04 Å². The van der Waals surface area contributed by atoms with Crippen LogP contribution >= 0.6 is 12.4 Å². The number of hydrogen-bond acceptors (Lipinski definition) is 2. The maximum atomic E-state index is 5.48. The van der Waals surface area contributed by atoms with Gasteiger partial charge in [0.15, 0.2) is 0 Å². The molecule has 0 unspecified atom stereocenters. The third kappa shape index (κ3) is 2.71. The van der Waals surface area contributed by atoms with E-state index in [1.165, 1.54) is 16.7 Å². The second kappa shape index (κ2) is 5.50. The Kier molecular flexibility index (Phi) is 4.58. The standard InChI is InChI=1S/C12H17NO.ClH/c1-9-4-3-5-10(2)12(9)11-8-14-7-6-13-11;/h3-5,11,13H,6-8H2,1-2H3;1H/t11-;/m1./s1. The van der Waals surface area contributed by atoms with Crippen molar-refractivity contribution in [3.8, 4) is 0 Å². The van der Waals surface area contributed by atoms with E-state index in [-0.39, 0.29) is 12.4 Å². The molecule has 1 fully saturated rings. The van der Waals surface area contributed by atoms with Crippen molar-refractivity contribution in [2.75, 3.05) is 19.8 Å². The first kappa shape index (κ1) is 12.5. The lowest BCUT2D eigenvalue weighted by Crippen LogP contribution is -2.35. The molecule has 15 heavy (non-hydrogen) atoms. The number of ether oxygens (including phenoxy) is 1. The molecule has 0 aliphatic carbocycles. The van der Waals surface area contributed by atoms with E-state index in [0.717, 1.165) is 19.8 Å². The van der Waals surface area contributed by atoms with Crippen LogP contribution < -0.4 is 5.32 Å². The average Bonchev–Trinajstić information content (AvgIpc) is 2.19. The summed E-state index contributed by atoms with van der Waals surface area (Å²) in [5.74, 6) is 0. The van der Waals surface area contributed by atoms with Gasteiger partial charge in [-0.15, -0.1) is 12.4 Å². The Hall–Kier alpha value is -0.570. The molecule has 1 aromatic carbocycles. The molecule has 1 saturated heterocycles. The summed E-state index contributed by atoms with van der Waals surface area (Å²) in [4.78, 5) is 0. The Balaban J connectivity index is 0.00000112. The zero-order chi connectivity index (χ0) is 9.97. The summed E-state index contributed by atoms with van der Waals surface area (Å²) in [7, 11) is 0. The van der Waals surface area contributed by atoms with E-state index in [4.69, 9.17) is 4.74 Å². The van der Waals surface area contributed by atoms with E-state index in [1.54, 1.807) is 0 Å². The highest BCUT2D eigenvalue weighted by atomic mass is 35.5. The molecule has 2 nitrogen and oxygen atoms in total. The predicted octanol–water partition coefficient (Wildman–Crippen LogP) is 2.39. The molecular formula is C12H18ClNO. The number of halogens is 1. The molecule has 84 valence electrons. The third-order valence-electron chi connectivity index (χ3n) is 2.81. The lowest BCUT2D eigenvalue weighted by molar-refractivity contribution is 0.0765. The first-order valence-electron chi connectivity index (χ1n) is 5.16. The molecule has 2 rings (SSSR count). The summed E-state index contributed by atoms with van der Waals surface area (Å²) in [5, 5.41) is 3.49. The molecule has 1 aliphatic heterocycles. The Labute approximate surface area is 97.4 Å². The normalized spacial score (nSPS) is 20.8. The Morgan fingerprint density at radius 2 is 1.93 bits per heavy atom. The maximum Gasteiger partial charge on any atom is 0.0662 e. The highest BCUT2D eigenvalue weighted by Crippen LogP contribution is 2.23. The van der Waals surface area contributed by atoms with E-state index in [9.17, 15) is 0 Å². The van der Waals surface area contributed by atoms with E-state index < -0.39 is 0 Å². The first-order valence-corrected chi connectivity index (χ1v) is 5.16. The van der Waals surface area contributed by atoms with Crippen LogP contribution in [-0.4, -0.2) is 19.8 Å². The van der Waals surface area contributed by atoms with Crippen LogP contribution in [0, 0.1) is 13.8 Å². The SMILES string of the molecule is Cc1cccc(C)c1[C@H]1COCCN1.Cl. The minimum absolute atomic E-state index is 0. The van der Waals surface area contributed by atoms with Gasteiger partial charge in [-0.1, -0.05) is 18.2 Å². The molecule has 1 aliphatic rings. The number of morpholine rings is 1. The van der Waals surface area contributed by atoms with Crippen LogP contribution in [0.15, 0.2) is 18.2 Å². The Bertz CT molecular complexity index is 301. The smallest absolute Gasteiger partial charge is 0.0662 e. The topological polar surface area (TPSA) is 21.3 Å². The van der Waals surface area contributed by atoms with Gasteiger partial charge in [-0.25, -0.2) is 0 Å². The quantitative estimate of drug-likeness (QED) is 0.796. The van der Waals surface area contributed by atoms with Crippen LogP contribution in [0.2, 0.25) is 0 Å². The Morgan fingerprint density at radius 1 is 1.27 bits per heavy atom. The van der Waals surface area contributed by atoms with Gasteiger partial charge in [-0.3, -0.25) is 0 Å². The van der Waals surface area contributed by atoms with Crippen LogP contribution in [-0.2, 0) is 4.74 Å². The summed E-state index contributed by atoms with van der Waals surface area (Å²) in [6.45, 7) is 6.92. The van der Waals surface area contributed by atoms with Crippen molar-refractivity contribution in [2.24, 2.45) is 0 Å². The maximum absolute atomic E-state index is 5.48. The number of aryl methyl sites for hydroxylation is 2. The van der Waals surface area contributed by atoms with Crippen LogP contribution in [0.1, 0.15) is 22.7 Å². The van der Waals surface area contributed by atoms with Crippen molar-refractivity contribution in [3.63, 3.8) is 0 Å². The van der Waals surface area contributed by atoms with Gasteiger partial charge in [-0.05, 0) is 30.5 Å². The van der Waals surface area contributed by atoms with Gasteiger partial charge in [0.2, 0.25) is 0 Å². The van der Waals surface area contributed by atoms with Crippen molar-refractivity contribution in [3.05, 3.63) is 34.9 Å². The van der Waals surface area contributed by atoms with Gasteiger partial charge >= 0.3 is 0 Å². The second-order valence-electron chi connectivity index (χ2n) is 3.89. The van der Waals surface area contributed by atoms with Gasteiger partial charge in [-0.2, -0.15) is 0 Å². The average molecular weight is 228 g/mol. The lowest BCUT2D eigenvalue weighted by atomic mass is 9.96. The van der Waals surface area contributed by atoms with Crippen molar-refractivity contribution in [1.82, 2.24) is 5.32 Å². The molecule has 1 aromatic rings. The highest BCUT2D eigenvalue weighted by Gasteiger charge is 2.18. The van der Waals surface area contributed by atoms with Gasteiger partial charge in [0, 0.05) is 6.54 Å². The molecule has 0 spiro atoms. The molecule has 1 heterocycles. The lowest BCUT2D eigenvalue weighted by Gasteiger charge is -2.26. The minimum atomic E-state index is 0. The summed E-state index contributed by atoms with van der Waals surface area (Å²) >= 11 is 0. The summed E-state index contributed by atoms with van der Waals surface area (Å²) in [6, 6.07) is 6.82. The second-order valence-corrected chi connectivity index (χ2v) is 3.89. The summed E-state index contributed by atoms with van der Waals surface area (Å²) in [6.07, 6.45) is 0. The molecule has 0 bridgehead atoms. The van der Waals surface area contributed by atoms with Crippen LogP contribution in [0.25, 0.3) is 0 Å². The predicted molar refractivity (Wildman–Crippen MR) is 64.7 cm³/mol. The zero-order valence-electron chi connectivity index (χ0n) is 9.25. The fourth-order valence-electron chi connectivity index (χ4n) is 2.13. The van der Waals surface area contributed by atoms with Crippen molar-refractivity contribution < 1.29 is 4.74 Å². The molecule has 1 atom stereocenters. The molecule has 0 amide bonds. The molecule has 0 aromatic heterocycles. The number of rotatable bonds is 1. The van der Waals surface area contributed by atoms with Crippen molar-refractivity contribution in [2.45, 2.75) is 19.9 Å². The largest absolute Gasteiger partial charge is 0.378 e. The molecule has 0 saturated carbocycles. The highest BCUT2D eigenvalue weighted by molar-refractivity contribution is 5.85. The number of hydrogen-bond donors (Lipinski definition) is 1. The van der Waals surface area contributed by atoms with Crippen molar-refractivity contribution in [1.29, 1.82) is 0 Å². The molecule has 1 N–H and O–H groups in total.